The molecule has 0 aromatic rings. The number of allylic oxidation sites excluding steroid dienone is 4. The summed E-state index contributed by atoms with van der Waals surface area (Å²) in [7, 11) is 0. The lowest BCUT2D eigenvalue weighted by molar-refractivity contribution is -0.179. The Balaban J connectivity index is 2.27. The van der Waals surface area contributed by atoms with Gasteiger partial charge >= 0.3 is 5.97 Å². The van der Waals surface area contributed by atoms with Gasteiger partial charge in [0.15, 0.2) is 0 Å². The second-order valence-corrected chi connectivity index (χ2v) is 8.77. The maximum atomic E-state index is 11.7. The summed E-state index contributed by atoms with van der Waals surface area (Å²) < 4.78 is 12.3. The van der Waals surface area contributed by atoms with E-state index in [4.69, 9.17) is 9.47 Å². The molecule has 1 aliphatic carbocycles. The van der Waals surface area contributed by atoms with Gasteiger partial charge in [-0.25, -0.2) is 0 Å². The Morgan fingerprint density at radius 2 is 1.76 bits per heavy atom. The van der Waals surface area contributed by atoms with Crippen molar-refractivity contribution in [3.63, 3.8) is 0 Å². The number of ether oxygens (including phenoxy) is 2. The molecule has 0 saturated carbocycles. The fourth-order valence-corrected chi connectivity index (χ4v) is 4.26. The van der Waals surface area contributed by atoms with Gasteiger partial charge in [0.1, 0.15) is 5.60 Å². The molecule has 25 heavy (non-hydrogen) atoms. The summed E-state index contributed by atoms with van der Waals surface area (Å²) in [5, 5.41) is 0. The SMILES string of the molecule is CC(=O)O[C@]1(C)CC/C=C(/C)CC/C=C(/C)CC[C@@H]2C[C@H]1OC2(C)C. The molecule has 1 fully saturated rings. The third kappa shape index (κ3) is 5.44. The van der Waals surface area contributed by atoms with E-state index in [2.05, 4.69) is 46.8 Å². The maximum Gasteiger partial charge on any atom is 0.303 e. The van der Waals surface area contributed by atoms with E-state index in [1.165, 1.54) is 18.1 Å². The molecule has 2 rings (SSSR count). The van der Waals surface area contributed by atoms with Crippen molar-refractivity contribution in [3.05, 3.63) is 23.3 Å². The summed E-state index contributed by atoms with van der Waals surface area (Å²) in [6, 6.07) is 0. The molecular weight excluding hydrogens is 312 g/mol. The van der Waals surface area contributed by atoms with Gasteiger partial charge in [0, 0.05) is 6.92 Å². The van der Waals surface area contributed by atoms with Crippen LogP contribution >= 0.6 is 0 Å². The van der Waals surface area contributed by atoms with Crippen LogP contribution in [0.15, 0.2) is 23.3 Å². The molecular formula is C22H36O3. The van der Waals surface area contributed by atoms with Gasteiger partial charge in [0.25, 0.3) is 0 Å². The zero-order valence-electron chi connectivity index (χ0n) is 17.0. The first kappa shape index (κ1) is 20.2. The van der Waals surface area contributed by atoms with Crippen LogP contribution in [-0.4, -0.2) is 23.3 Å². The van der Waals surface area contributed by atoms with Crippen molar-refractivity contribution in [1.29, 1.82) is 0 Å². The first-order chi connectivity index (χ1) is 11.6. The molecule has 0 aromatic heterocycles. The van der Waals surface area contributed by atoms with E-state index in [1.54, 1.807) is 0 Å². The average Bonchev–Trinajstić information content (AvgIpc) is 2.79. The minimum absolute atomic E-state index is 0.0302. The predicted octanol–water partition coefficient (Wildman–Crippen LogP) is 5.74. The van der Waals surface area contributed by atoms with Crippen LogP contribution in [0.5, 0.6) is 0 Å². The van der Waals surface area contributed by atoms with Crippen LogP contribution in [0, 0.1) is 5.92 Å². The number of fused-ring (bicyclic) bond motifs is 2. The maximum absolute atomic E-state index is 11.7. The van der Waals surface area contributed by atoms with E-state index in [9.17, 15) is 4.79 Å². The largest absolute Gasteiger partial charge is 0.457 e. The Morgan fingerprint density at radius 3 is 2.44 bits per heavy atom. The second-order valence-electron chi connectivity index (χ2n) is 8.77. The standard InChI is InChI=1S/C22H36O3/c1-16-9-7-10-17(2)12-13-19-15-20(25-21(19,4)5)22(6,14-8-11-16)24-18(3)23/h10-11,19-20H,7-9,12-15H2,1-6H3/b16-11-,17-10-/t19-,20-,22-/m1/s1. The van der Waals surface area contributed by atoms with Gasteiger partial charge < -0.3 is 9.47 Å². The number of hydrogen-bond acceptors (Lipinski definition) is 3. The van der Waals surface area contributed by atoms with Gasteiger partial charge in [-0.15, -0.1) is 0 Å². The van der Waals surface area contributed by atoms with Crippen LogP contribution in [0.3, 0.4) is 0 Å². The van der Waals surface area contributed by atoms with Crippen molar-refractivity contribution in [1.82, 2.24) is 0 Å². The van der Waals surface area contributed by atoms with Crippen LogP contribution in [0.1, 0.15) is 86.5 Å². The molecule has 1 aliphatic heterocycles. The van der Waals surface area contributed by atoms with E-state index in [0.717, 1.165) is 44.9 Å². The molecule has 1 heterocycles. The number of esters is 1. The molecule has 0 radical (unpaired) electrons. The van der Waals surface area contributed by atoms with Crippen molar-refractivity contribution < 1.29 is 14.3 Å². The van der Waals surface area contributed by atoms with Gasteiger partial charge in [0.05, 0.1) is 11.7 Å². The molecule has 3 nitrogen and oxygen atoms in total. The van der Waals surface area contributed by atoms with Gasteiger partial charge in [-0.2, -0.15) is 0 Å². The normalized spacial score (nSPS) is 38.0. The third-order valence-corrected chi connectivity index (χ3v) is 6.04. The summed E-state index contributed by atoms with van der Waals surface area (Å²) in [6.07, 6.45) is 11.8. The molecule has 0 amide bonds. The third-order valence-electron chi connectivity index (χ3n) is 6.04. The minimum Gasteiger partial charge on any atom is -0.457 e. The smallest absolute Gasteiger partial charge is 0.303 e. The highest BCUT2D eigenvalue weighted by Gasteiger charge is 2.49. The molecule has 3 heteroatoms. The summed E-state index contributed by atoms with van der Waals surface area (Å²) >= 11 is 0. The van der Waals surface area contributed by atoms with Crippen molar-refractivity contribution in [2.45, 2.75) is 104 Å². The average molecular weight is 349 g/mol. The van der Waals surface area contributed by atoms with Crippen LogP contribution < -0.4 is 0 Å². The molecule has 0 unspecified atom stereocenters. The lowest BCUT2D eigenvalue weighted by atomic mass is 9.81. The fraction of sp³-hybridized carbons (Fsp3) is 0.773. The van der Waals surface area contributed by atoms with Crippen molar-refractivity contribution in [2.24, 2.45) is 5.92 Å². The highest BCUT2D eigenvalue weighted by Crippen LogP contribution is 2.45. The Bertz CT molecular complexity index is 543. The second kappa shape index (κ2) is 8.07. The number of hydrogen-bond donors (Lipinski definition) is 0. The molecule has 0 spiro atoms. The molecule has 2 aliphatic rings. The first-order valence-electron chi connectivity index (χ1n) is 9.81. The molecule has 0 N–H and O–H groups in total. The Morgan fingerprint density at radius 1 is 1.12 bits per heavy atom. The Labute approximate surface area is 153 Å². The summed E-state index contributed by atoms with van der Waals surface area (Å²) in [5.74, 6) is 0.281. The zero-order chi connectivity index (χ0) is 18.7. The lowest BCUT2D eigenvalue weighted by Crippen LogP contribution is -2.44. The molecule has 1 saturated heterocycles. The highest BCUT2D eigenvalue weighted by molar-refractivity contribution is 5.66. The van der Waals surface area contributed by atoms with E-state index in [-0.39, 0.29) is 17.7 Å². The van der Waals surface area contributed by atoms with Crippen LogP contribution in [0.2, 0.25) is 0 Å². The quantitative estimate of drug-likeness (QED) is 0.448. The van der Waals surface area contributed by atoms with Gasteiger partial charge in [-0.05, 0) is 85.5 Å². The van der Waals surface area contributed by atoms with E-state index in [0.29, 0.717) is 5.92 Å². The zero-order valence-corrected chi connectivity index (χ0v) is 17.0. The number of carbonyl (C=O) groups excluding carboxylic acids is 1. The highest BCUT2D eigenvalue weighted by atomic mass is 16.6. The van der Waals surface area contributed by atoms with Crippen molar-refractivity contribution in [3.8, 4) is 0 Å². The molecule has 0 aromatic carbocycles. The monoisotopic (exact) mass is 348 g/mol. The van der Waals surface area contributed by atoms with Gasteiger partial charge in [0.2, 0.25) is 0 Å². The van der Waals surface area contributed by atoms with E-state index in [1.807, 2.05) is 0 Å². The van der Waals surface area contributed by atoms with Gasteiger partial charge in [-0.3, -0.25) is 4.79 Å². The molecule has 142 valence electrons. The minimum atomic E-state index is -0.552. The van der Waals surface area contributed by atoms with Crippen molar-refractivity contribution in [2.75, 3.05) is 0 Å². The fourth-order valence-electron chi connectivity index (χ4n) is 4.26. The van der Waals surface area contributed by atoms with Crippen LogP contribution in [0.25, 0.3) is 0 Å². The van der Waals surface area contributed by atoms with Crippen LogP contribution in [-0.2, 0) is 14.3 Å². The van der Waals surface area contributed by atoms with E-state index < -0.39 is 5.60 Å². The summed E-state index contributed by atoms with van der Waals surface area (Å²) in [5.41, 5.74) is 2.17. The van der Waals surface area contributed by atoms with Gasteiger partial charge in [-0.1, -0.05) is 23.3 Å². The summed E-state index contributed by atoms with van der Waals surface area (Å²) in [6.45, 7) is 12.4. The van der Waals surface area contributed by atoms with Crippen LogP contribution in [0.4, 0.5) is 0 Å². The van der Waals surface area contributed by atoms with E-state index >= 15 is 0 Å². The topological polar surface area (TPSA) is 35.5 Å². The lowest BCUT2D eigenvalue weighted by Gasteiger charge is -2.35. The summed E-state index contributed by atoms with van der Waals surface area (Å²) in [4.78, 5) is 11.7. The number of carbonyl (C=O) groups is 1. The predicted molar refractivity (Wildman–Crippen MR) is 102 cm³/mol. The molecule has 3 atom stereocenters. The van der Waals surface area contributed by atoms with Crippen molar-refractivity contribution >= 4 is 5.97 Å². The molecule has 2 bridgehead atoms. The Kier molecular flexibility index (Phi) is 6.53. The Hall–Kier alpha value is -1.09. The first-order valence-corrected chi connectivity index (χ1v) is 9.81. The number of rotatable bonds is 1.